The van der Waals surface area contributed by atoms with Crippen LogP contribution in [0.5, 0.6) is 0 Å². The van der Waals surface area contributed by atoms with E-state index in [0.717, 1.165) is 5.92 Å². The molecule has 1 saturated heterocycles. The molecule has 76 valence electrons. The predicted molar refractivity (Wildman–Crippen MR) is 60.4 cm³/mol. The van der Waals surface area contributed by atoms with Crippen molar-refractivity contribution >= 4 is 0 Å². The predicted octanol–water partition coefficient (Wildman–Crippen LogP) is 2.97. The molecule has 2 atom stereocenters. The summed E-state index contributed by atoms with van der Waals surface area (Å²) in [6.45, 7) is 7.93. The van der Waals surface area contributed by atoms with Gasteiger partial charge in [-0.3, -0.25) is 0 Å². The van der Waals surface area contributed by atoms with E-state index in [1.54, 1.807) is 0 Å². The number of aryl methyl sites for hydroxylation is 1. The van der Waals surface area contributed by atoms with Gasteiger partial charge in [0.05, 0.1) is 0 Å². The summed E-state index contributed by atoms with van der Waals surface area (Å²) in [5.41, 5.74) is 4.36. The smallest absolute Gasteiger partial charge is 0.0349 e. The van der Waals surface area contributed by atoms with Crippen molar-refractivity contribution in [2.45, 2.75) is 33.2 Å². The molecular weight excluding hydrogens is 170 g/mol. The lowest BCUT2D eigenvalue weighted by atomic mass is 9.91. The van der Waals surface area contributed by atoms with Gasteiger partial charge in [0, 0.05) is 6.04 Å². The molecular formula is C13H19N. The zero-order valence-corrected chi connectivity index (χ0v) is 9.30. The monoisotopic (exact) mass is 189 g/mol. The van der Waals surface area contributed by atoms with E-state index >= 15 is 0 Å². The van der Waals surface area contributed by atoms with Gasteiger partial charge in [-0.2, -0.15) is 0 Å². The summed E-state index contributed by atoms with van der Waals surface area (Å²) in [4.78, 5) is 0. The summed E-state index contributed by atoms with van der Waals surface area (Å²) >= 11 is 0. The molecule has 1 aliphatic heterocycles. The fraction of sp³-hybridized carbons (Fsp3) is 0.538. The first-order chi connectivity index (χ1) is 6.70. The van der Waals surface area contributed by atoms with Gasteiger partial charge in [0.15, 0.2) is 0 Å². The Labute approximate surface area is 86.5 Å². The average Bonchev–Trinajstić information content (AvgIpc) is 2.57. The second-order valence-electron chi connectivity index (χ2n) is 4.49. The van der Waals surface area contributed by atoms with Crippen molar-refractivity contribution in [1.82, 2.24) is 5.32 Å². The third-order valence-electron chi connectivity index (χ3n) is 3.51. The molecule has 1 fully saturated rings. The molecule has 2 unspecified atom stereocenters. The van der Waals surface area contributed by atoms with Crippen LogP contribution >= 0.6 is 0 Å². The molecule has 1 N–H and O–H groups in total. The third-order valence-corrected chi connectivity index (χ3v) is 3.51. The van der Waals surface area contributed by atoms with E-state index in [1.807, 2.05) is 0 Å². The van der Waals surface area contributed by atoms with Crippen molar-refractivity contribution in [2.24, 2.45) is 5.92 Å². The Bertz CT molecular complexity index is 330. The van der Waals surface area contributed by atoms with Crippen LogP contribution in [0.3, 0.4) is 0 Å². The molecule has 1 nitrogen and oxygen atoms in total. The van der Waals surface area contributed by atoms with Crippen molar-refractivity contribution in [1.29, 1.82) is 0 Å². The molecule has 0 saturated carbocycles. The first kappa shape index (κ1) is 9.72. The number of hydrogen-bond acceptors (Lipinski definition) is 1. The minimum absolute atomic E-state index is 0.579. The summed E-state index contributed by atoms with van der Waals surface area (Å²) in [7, 11) is 0. The summed E-state index contributed by atoms with van der Waals surface area (Å²) in [5, 5.41) is 3.59. The Kier molecular flexibility index (Phi) is 2.60. The second kappa shape index (κ2) is 3.74. The second-order valence-corrected chi connectivity index (χ2v) is 4.49. The van der Waals surface area contributed by atoms with E-state index in [1.165, 1.54) is 29.7 Å². The fourth-order valence-electron chi connectivity index (χ4n) is 2.36. The van der Waals surface area contributed by atoms with Crippen LogP contribution in [0.1, 0.15) is 36.1 Å². The lowest BCUT2D eigenvalue weighted by molar-refractivity contribution is 0.501. The standard InChI is InChI=1S/C13H19N/c1-9-5-4-6-12(11(9)3)13-10(2)7-8-14-13/h4-6,10,13-14H,7-8H2,1-3H3. The van der Waals surface area contributed by atoms with Crippen LogP contribution in [-0.2, 0) is 0 Å². The Balaban J connectivity index is 2.36. The van der Waals surface area contributed by atoms with E-state index in [0.29, 0.717) is 6.04 Å². The SMILES string of the molecule is Cc1cccc(C2NCCC2C)c1C. The molecule has 0 radical (unpaired) electrons. The van der Waals surface area contributed by atoms with Gasteiger partial charge in [0.1, 0.15) is 0 Å². The highest BCUT2D eigenvalue weighted by Gasteiger charge is 2.25. The fourth-order valence-corrected chi connectivity index (χ4v) is 2.36. The highest BCUT2D eigenvalue weighted by atomic mass is 14.9. The number of benzene rings is 1. The van der Waals surface area contributed by atoms with Crippen LogP contribution in [0.15, 0.2) is 18.2 Å². The van der Waals surface area contributed by atoms with E-state index in [9.17, 15) is 0 Å². The van der Waals surface area contributed by atoms with E-state index in [-0.39, 0.29) is 0 Å². The summed E-state index contributed by atoms with van der Waals surface area (Å²) in [6.07, 6.45) is 1.30. The molecule has 2 rings (SSSR count). The van der Waals surface area contributed by atoms with Crippen LogP contribution in [0, 0.1) is 19.8 Å². The Morgan fingerprint density at radius 2 is 2.07 bits per heavy atom. The molecule has 14 heavy (non-hydrogen) atoms. The van der Waals surface area contributed by atoms with Crippen LogP contribution in [-0.4, -0.2) is 6.54 Å². The Hall–Kier alpha value is -0.820. The summed E-state index contributed by atoms with van der Waals surface area (Å²) in [6, 6.07) is 7.21. The third kappa shape index (κ3) is 1.57. The first-order valence-electron chi connectivity index (χ1n) is 5.49. The van der Waals surface area contributed by atoms with Crippen molar-refractivity contribution in [3.8, 4) is 0 Å². The van der Waals surface area contributed by atoms with Crippen LogP contribution in [0.4, 0.5) is 0 Å². The normalized spacial score (nSPS) is 26.8. The molecule has 0 bridgehead atoms. The maximum atomic E-state index is 3.59. The van der Waals surface area contributed by atoms with Crippen LogP contribution in [0.25, 0.3) is 0 Å². The van der Waals surface area contributed by atoms with Gasteiger partial charge in [0.2, 0.25) is 0 Å². The number of hydrogen-bond donors (Lipinski definition) is 1. The van der Waals surface area contributed by atoms with Gasteiger partial charge in [-0.05, 0) is 49.4 Å². The van der Waals surface area contributed by atoms with Crippen LogP contribution < -0.4 is 5.32 Å². The van der Waals surface area contributed by atoms with Gasteiger partial charge < -0.3 is 5.32 Å². The molecule has 0 aliphatic carbocycles. The molecule has 1 heteroatoms. The van der Waals surface area contributed by atoms with Crippen molar-refractivity contribution in [3.63, 3.8) is 0 Å². The van der Waals surface area contributed by atoms with Gasteiger partial charge in [-0.15, -0.1) is 0 Å². The minimum atomic E-state index is 0.579. The highest BCUT2D eigenvalue weighted by molar-refractivity contribution is 5.36. The number of nitrogens with one attached hydrogen (secondary N) is 1. The van der Waals surface area contributed by atoms with E-state index in [2.05, 4.69) is 44.3 Å². The number of rotatable bonds is 1. The van der Waals surface area contributed by atoms with Gasteiger partial charge in [0.25, 0.3) is 0 Å². The molecule has 1 aromatic carbocycles. The Morgan fingerprint density at radius 1 is 1.29 bits per heavy atom. The van der Waals surface area contributed by atoms with Gasteiger partial charge in [-0.1, -0.05) is 25.1 Å². The first-order valence-corrected chi connectivity index (χ1v) is 5.49. The van der Waals surface area contributed by atoms with Gasteiger partial charge >= 0.3 is 0 Å². The Morgan fingerprint density at radius 3 is 2.71 bits per heavy atom. The molecule has 1 aliphatic rings. The van der Waals surface area contributed by atoms with E-state index < -0.39 is 0 Å². The summed E-state index contributed by atoms with van der Waals surface area (Å²) < 4.78 is 0. The lowest BCUT2D eigenvalue weighted by Crippen LogP contribution is -2.17. The quantitative estimate of drug-likeness (QED) is 0.716. The van der Waals surface area contributed by atoms with Crippen molar-refractivity contribution in [3.05, 3.63) is 34.9 Å². The zero-order valence-electron chi connectivity index (χ0n) is 9.30. The van der Waals surface area contributed by atoms with E-state index in [4.69, 9.17) is 0 Å². The lowest BCUT2D eigenvalue weighted by Gasteiger charge is -2.19. The molecule has 0 aromatic heterocycles. The maximum Gasteiger partial charge on any atom is 0.0349 e. The highest BCUT2D eigenvalue weighted by Crippen LogP contribution is 2.31. The largest absolute Gasteiger partial charge is 0.310 e. The van der Waals surface area contributed by atoms with Crippen molar-refractivity contribution in [2.75, 3.05) is 6.54 Å². The molecule has 0 spiro atoms. The molecule has 0 amide bonds. The van der Waals surface area contributed by atoms with Gasteiger partial charge in [-0.25, -0.2) is 0 Å². The average molecular weight is 189 g/mol. The zero-order chi connectivity index (χ0) is 10.1. The van der Waals surface area contributed by atoms with Crippen molar-refractivity contribution < 1.29 is 0 Å². The molecule has 1 aromatic rings. The molecule has 1 heterocycles. The van der Waals surface area contributed by atoms with Crippen LogP contribution in [0.2, 0.25) is 0 Å². The minimum Gasteiger partial charge on any atom is -0.310 e. The summed E-state index contributed by atoms with van der Waals surface area (Å²) in [5.74, 6) is 0.774. The topological polar surface area (TPSA) is 12.0 Å². The maximum absolute atomic E-state index is 3.59.